The largest absolute Gasteiger partial charge is 0.356 e. The van der Waals surface area contributed by atoms with E-state index in [9.17, 15) is 4.79 Å². The van der Waals surface area contributed by atoms with Crippen molar-refractivity contribution in [3.05, 3.63) is 34.9 Å². The first kappa shape index (κ1) is 21.6. The molecule has 0 aliphatic carbocycles. The second-order valence-electron chi connectivity index (χ2n) is 8.38. The van der Waals surface area contributed by atoms with E-state index in [0.717, 1.165) is 63.1 Å². The molecule has 0 spiro atoms. The van der Waals surface area contributed by atoms with Crippen LogP contribution in [-0.4, -0.2) is 54.5 Å². The molecule has 0 radical (unpaired) electrons. The summed E-state index contributed by atoms with van der Waals surface area (Å²) in [5.74, 6) is 0.420. The number of likely N-dealkylation sites (tertiary alicyclic amines) is 2. The van der Waals surface area contributed by atoms with E-state index in [1.165, 1.54) is 37.8 Å². The minimum absolute atomic E-state index is 0.167. The van der Waals surface area contributed by atoms with Crippen LogP contribution in [-0.2, 0) is 11.3 Å². The third-order valence-electron chi connectivity index (χ3n) is 6.45. The van der Waals surface area contributed by atoms with Gasteiger partial charge < -0.3 is 10.2 Å². The van der Waals surface area contributed by atoms with Crippen LogP contribution in [0.5, 0.6) is 0 Å². The molecule has 0 aromatic heterocycles. The van der Waals surface area contributed by atoms with Crippen LogP contribution in [0, 0.1) is 5.92 Å². The highest BCUT2D eigenvalue weighted by atomic mass is 35.5. The standard InChI is InChI=1S/C23H36ClN3O/c1-2-21-9-5-6-14-27(21)15-7-13-25-23(28)19-11-16-26(17-12-19)18-20-8-3-4-10-22(20)24/h3-4,8,10,19,21H,2,5-7,9,11-18H2,1H3,(H,25,28)/t21-/m1/s1. The molecule has 1 aromatic carbocycles. The maximum absolute atomic E-state index is 12.5. The van der Waals surface area contributed by atoms with E-state index in [4.69, 9.17) is 11.6 Å². The summed E-state index contributed by atoms with van der Waals surface area (Å²) in [6.45, 7) is 8.27. The zero-order chi connectivity index (χ0) is 19.8. The average molecular weight is 406 g/mol. The summed E-state index contributed by atoms with van der Waals surface area (Å²) in [5, 5.41) is 4.03. The van der Waals surface area contributed by atoms with Crippen molar-refractivity contribution in [2.45, 2.75) is 64.5 Å². The molecule has 0 bridgehead atoms. The van der Waals surface area contributed by atoms with Gasteiger partial charge in [-0.05, 0) is 69.8 Å². The van der Waals surface area contributed by atoms with Gasteiger partial charge in [0.1, 0.15) is 0 Å². The summed E-state index contributed by atoms with van der Waals surface area (Å²) < 4.78 is 0. The van der Waals surface area contributed by atoms with Crippen molar-refractivity contribution in [1.29, 1.82) is 0 Å². The van der Waals surface area contributed by atoms with Gasteiger partial charge in [-0.3, -0.25) is 9.69 Å². The Morgan fingerprint density at radius 1 is 1.14 bits per heavy atom. The van der Waals surface area contributed by atoms with Crippen LogP contribution >= 0.6 is 11.6 Å². The van der Waals surface area contributed by atoms with Gasteiger partial charge in [0.05, 0.1) is 0 Å². The molecule has 1 atom stereocenters. The van der Waals surface area contributed by atoms with Crippen molar-refractivity contribution >= 4 is 17.5 Å². The minimum atomic E-state index is 0.167. The number of piperidine rings is 2. The van der Waals surface area contributed by atoms with E-state index in [1.54, 1.807) is 0 Å². The average Bonchev–Trinajstić information content (AvgIpc) is 2.73. The first-order chi connectivity index (χ1) is 13.7. The van der Waals surface area contributed by atoms with Gasteiger partial charge in [0.15, 0.2) is 0 Å². The summed E-state index contributed by atoms with van der Waals surface area (Å²) >= 11 is 6.27. The lowest BCUT2D eigenvalue weighted by atomic mass is 9.95. The molecule has 28 heavy (non-hydrogen) atoms. The molecule has 5 heteroatoms. The van der Waals surface area contributed by atoms with Gasteiger partial charge in [-0.1, -0.05) is 43.1 Å². The van der Waals surface area contributed by atoms with Crippen LogP contribution in [0.4, 0.5) is 0 Å². The van der Waals surface area contributed by atoms with Gasteiger partial charge in [0.25, 0.3) is 0 Å². The summed E-state index contributed by atoms with van der Waals surface area (Å²) in [6, 6.07) is 8.80. The second kappa shape index (κ2) is 11.2. The smallest absolute Gasteiger partial charge is 0.223 e. The molecule has 2 saturated heterocycles. The topological polar surface area (TPSA) is 35.6 Å². The van der Waals surface area contributed by atoms with Gasteiger partial charge in [-0.15, -0.1) is 0 Å². The van der Waals surface area contributed by atoms with Crippen molar-refractivity contribution < 1.29 is 4.79 Å². The van der Waals surface area contributed by atoms with E-state index in [2.05, 4.69) is 28.1 Å². The third kappa shape index (κ3) is 6.20. The Hall–Kier alpha value is -1.10. The maximum atomic E-state index is 12.5. The molecule has 0 saturated carbocycles. The van der Waals surface area contributed by atoms with E-state index < -0.39 is 0 Å². The molecule has 1 N–H and O–H groups in total. The van der Waals surface area contributed by atoms with Crippen molar-refractivity contribution in [2.75, 3.05) is 32.7 Å². The van der Waals surface area contributed by atoms with Gasteiger partial charge in [-0.25, -0.2) is 0 Å². The highest BCUT2D eigenvalue weighted by Crippen LogP contribution is 2.22. The molecule has 4 nitrogen and oxygen atoms in total. The summed E-state index contributed by atoms with van der Waals surface area (Å²) in [7, 11) is 0. The fraction of sp³-hybridized carbons (Fsp3) is 0.696. The molecule has 3 rings (SSSR count). The van der Waals surface area contributed by atoms with Gasteiger partial charge in [0.2, 0.25) is 5.91 Å². The lowest BCUT2D eigenvalue weighted by molar-refractivity contribution is -0.126. The Labute approximate surface area is 175 Å². The van der Waals surface area contributed by atoms with Crippen LogP contribution in [0.15, 0.2) is 24.3 Å². The second-order valence-corrected chi connectivity index (χ2v) is 8.79. The number of hydrogen-bond donors (Lipinski definition) is 1. The van der Waals surface area contributed by atoms with Gasteiger partial charge in [-0.2, -0.15) is 0 Å². The molecule has 156 valence electrons. The number of halogens is 1. The lowest BCUT2D eigenvalue weighted by Gasteiger charge is -2.35. The number of amides is 1. The monoisotopic (exact) mass is 405 g/mol. The highest BCUT2D eigenvalue weighted by Gasteiger charge is 2.25. The molecular weight excluding hydrogens is 370 g/mol. The molecule has 2 aliphatic heterocycles. The number of carbonyl (C=O) groups excluding carboxylic acids is 1. The van der Waals surface area contributed by atoms with E-state index in [-0.39, 0.29) is 11.8 Å². The van der Waals surface area contributed by atoms with E-state index >= 15 is 0 Å². The van der Waals surface area contributed by atoms with Crippen molar-refractivity contribution in [1.82, 2.24) is 15.1 Å². The predicted octanol–water partition coefficient (Wildman–Crippen LogP) is 4.32. The summed E-state index contributed by atoms with van der Waals surface area (Å²) in [6.07, 6.45) is 8.25. The molecule has 0 unspecified atom stereocenters. The number of nitrogens with one attached hydrogen (secondary N) is 1. The quantitative estimate of drug-likeness (QED) is 0.654. The van der Waals surface area contributed by atoms with Crippen LogP contribution in [0.2, 0.25) is 5.02 Å². The van der Waals surface area contributed by atoms with Crippen molar-refractivity contribution in [3.8, 4) is 0 Å². The van der Waals surface area contributed by atoms with Gasteiger partial charge in [0, 0.05) is 36.6 Å². The van der Waals surface area contributed by atoms with Gasteiger partial charge >= 0.3 is 0 Å². The Balaban J connectivity index is 1.32. The summed E-state index contributed by atoms with van der Waals surface area (Å²) in [4.78, 5) is 17.6. The number of rotatable bonds is 8. The van der Waals surface area contributed by atoms with Crippen LogP contribution in [0.3, 0.4) is 0 Å². The molecule has 2 fully saturated rings. The Morgan fingerprint density at radius 2 is 1.93 bits per heavy atom. The van der Waals surface area contributed by atoms with Crippen molar-refractivity contribution in [3.63, 3.8) is 0 Å². The van der Waals surface area contributed by atoms with E-state index in [1.807, 2.05) is 18.2 Å². The SMILES string of the molecule is CC[C@@H]1CCCCN1CCCNC(=O)C1CCN(Cc2ccccc2Cl)CC1. The van der Waals surface area contributed by atoms with E-state index in [0.29, 0.717) is 0 Å². The summed E-state index contributed by atoms with van der Waals surface area (Å²) in [5.41, 5.74) is 1.18. The van der Waals surface area contributed by atoms with Crippen LogP contribution in [0.1, 0.15) is 57.4 Å². The number of carbonyl (C=O) groups is 1. The lowest BCUT2D eigenvalue weighted by Crippen LogP contribution is -2.42. The van der Waals surface area contributed by atoms with Crippen LogP contribution < -0.4 is 5.32 Å². The molecule has 2 aliphatic rings. The fourth-order valence-corrected chi connectivity index (χ4v) is 4.87. The molecule has 1 aromatic rings. The highest BCUT2D eigenvalue weighted by molar-refractivity contribution is 6.31. The number of hydrogen-bond acceptors (Lipinski definition) is 3. The number of benzene rings is 1. The zero-order valence-electron chi connectivity index (χ0n) is 17.3. The molecular formula is C23H36ClN3O. The zero-order valence-corrected chi connectivity index (χ0v) is 18.1. The maximum Gasteiger partial charge on any atom is 0.223 e. The van der Waals surface area contributed by atoms with Crippen molar-refractivity contribution in [2.24, 2.45) is 5.92 Å². The minimum Gasteiger partial charge on any atom is -0.356 e. The molecule has 1 amide bonds. The molecule has 2 heterocycles. The Bertz CT molecular complexity index is 616. The third-order valence-corrected chi connectivity index (χ3v) is 6.82. The normalized spacial score (nSPS) is 22.3. The number of nitrogens with zero attached hydrogens (tertiary/aromatic N) is 2. The first-order valence-corrected chi connectivity index (χ1v) is 11.5. The van der Waals surface area contributed by atoms with Crippen LogP contribution in [0.25, 0.3) is 0 Å². The first-order valence-electron chi connectivity index (χ1n) is 11.1. The predicted molar refractivity (Wildman–Crippen MR) is 117 cm³/mol. The Kier molecular flexibility index (Phi) is 8.63. The fourth-order valence-electron chi connectivity index (χ4n) is 4.68. The Morgan fingerprint density at radius 3 is 2.68 bits per heavy atom.